The molecule has 1 atom stereocenters. The first kappa shape index (κ1) is 13.2. The van der Waals surface area contributed by atoms with Crippen LogP contribution in [-0.2, 0) is 4.79 Å². The normalized spacial score (nSPS) is 16.7. The Balaban J connectivity index is 2.25. The maximum absolute atomic E-state index is 10.9. The molecule has 0 bridgehead atoms. The zero-order chi connectivity index (χ0) is 13.1. The Morgan fingerprint density at radius 1 is 1.39 bits per heavy atom. The molecule has 1 aromatic carbocycles. The summed E-state index contributed by atoms with van der Waals surface area (Å²) in [5, 5.41) is 9.61. The quantitative estimate of drug-likeness (QED) is 0.874. The van der Waals surface area contributed by atoms with Gasteiger partial charge in [-0.15, -0.1) is 0 Å². The van der Waals surface area contributed by atoms with Crippen molar-refractivity contribution in [3.05, 3.63) is 39.9 Å². The van der Waals surface area contributed by atoms with Crippen LogP contribution in [0.3, 0.4) is 0 Å². The topological polar surface area (TPSA) is 37.3 Å². The van der Waals surface area contributed by atoms with Gasteiger partial charge in [0.2, 0.25) is 0 Å². The molecule has 1 aliphatic rings. The highest BCUT2D eigenvalue weighted by atomic mass is 35.5. The molecule has 0 saturated heterocycles. The van der Waals surface area contributed by atoms with Gasteiger partial charge in [0, 0.05) is 5.02 Å². The average molecular weight is 265 g/mol. The third kappa shape index (κ3) is 2.94. The molecular weight excluding hydrogens is 248 g/mol. The van der Waals surface area contributed by atoms with Crippen molar-refractivity contribution in [3.63, 3.8) is 0 Å². The van der Waals surface area contributed by atoms with Crippen molar-refractivity contribution in [1.29, 1.82) is 0 Å². The van der Waals surface area contributed by atoms with Gasteiger partial charge in [-0.05, 0) is 49.8 Å². The van der Waals surface area contributed by atoms with Crippen LogP contribution in [0, 0.1) is 0 Å². The summed E-state index contributed by atoms with van der Waals surface area (Å²) in [6.45, 7) is 1.67. The van der Waals surface area contributed by atoms with E-state index in [0.717, 1.165) is 24.0 Å². The average Bonchev–Trinajstić information content (AvgIpc) is 2.83. The van der Waals surface area contributed by atoms with E-state index >= 15 is 0 Å². The molecule has 2 nitrogen and oxygen atoms in total. The zero-order valence-corrected chi connectivity index (χ0v) is 11.2. The van der Waals surface area contributed by atoms with E-state index in [0.29, 0.717) is 5.02 Å². The number of benzene rings is 1. The molecule has 1 unspecified atom stereocenters. The number of carboxylic acid groups (broad SMARTS) is 1. The van der Waals surface area contributed by atoms with Crippen molar-refractivity contribution in [3.8, 4) is 0 Å². The Morgan fingerprint density at radius 3 is 2.61 bits per heavy atom. The number of hydrogen-bond acceptors (Lipinski definition) is 1. The van der Waals surface area contributed by atoms with E-state index in [-0.39, 0.29) is 0 Å². The van der Waals surface area contributed by atoms with Crippen LogP contribution in [0.5, 0.6) is 0 Å². The molecule has 0 amide bonds. The fourth-order valence-electron chi connectivity index (χ4n) is 2.27. The van der Waals surface area contributed by atoms with Gasteiger partial charge in [-0.1, -0.05) is 35.4 Å². The number of aliphatic carboxylic acids is 1. The highest BCUT2D eigenvalue weighted by molar-refractivity contribution is 6.32. The van der Waals surface area contributed by atoms with Gasteiger partial charge in [0.25, 0.3) is 0 Å². The van der Waals surface area contributed by atoms with Crippen LogP contribution in [0.4, 0.5) is 0 Å². The van der Waals surface area contributed by atoms with E-state index in [2.05, 4.69) is 6.08 Å². The van der Waals surface area contributed by atoms with Gasteiger partial charge in [-0.2, -0.15) is 0 Å². The van der Waals surface area contributed by atoms with Crippen molar-refractivity contribution >= 4 is 23.6 Å². The Hall–Kier alpha value is -1.28. The minimum Gasteiger partial charge on any atom is -0.481 e. The van der Waals surface area contributed by atoms with E-state index < -0.39 is 11.9 Å². The minimum absolute atomic E-state index is 0.518. The first-order valence-corrected chi connectivity index (χ1v) is 6.67. The van der Waals surface area contributed by atoms with Crippen LogP contribution in [0.15, 0.2) is 23.8 Å². The first-order valence-electron chi connectivity index (χ1n) is 6.29. The second-order valence-corrected chi connectivity index (χ2v) is 5.26. The van der Waals surface area contributed by atoms with Gasteiger partial charge >= 0.3 is 5.97 Å². The lowest BCUT2D eigenvalue weighted by molar-refractivity contribution is -0.138. The molecule has 2 rings (SSSR count). The van der Waals surface area contributed by atoms with Crippen molar-refractivity contribution in [2.45, 2.75) is 38.5 Å². The van der Waals surface area contributed by atoms with Gasteiger partial charge < -0.3 is 5.11 Å². The number of halogens is 1. The number of rotatable bonds is 3. The maximum atomic E-state index is 10.9. The minimum atomic E-state index is -0.826. The monoisotopic (exact) mass is 264 g/mol. The van der Waals surface area contributed by atoms with Crippen LogP contribution >= 0.6 is 11.6 Å². The van der Waals surface area contributed by atoms with E-state index in [9.17, 15) is 4.79 Å². The lowest BCUT2D eigenvalue weighted by Crippen LogP contribution is -2.07. The lowest BCUT2D eigenvalue weighted by atomic mass is 9.99. The van der Waals surface area contributed by atoms with Gasteiger partial charge in [0.05, 0.1) is 5.92 Å². The predicted octanol–water partition coefficient (Wildman–Crippen LogP) is 4.49. The van der Waals surface area contributed by atoms with Crippen molar-refractivity contribution in [2.24, 2.45) is 0 Å². The zero-order valence-electron chi connectivity index (χ0n) is 10.4. The third-order valence-corrected chi connectivity index (χ3v) is 3.83. The summed E-state index contributed by atoms with van der Waals surface area (Å²) in [7, 11) is 0. The fraction of sp³-hybridized carbons (Fsp3) is 0.400. The third-order valence-electron chi connectivity index (χ3n) is 3.50. The molecule has 1 fully saturated rings. The molecule has 1 saturated carbocycles. The molecule has 3 heteroatoms. The molecule has 0 radical (unpaired) electrons. The summed E-state index contributed by atoms with van der Waals surface area (Å²) in [6, 6.07) is 5.54. The summed E-state index contributed by atoms with van der Waals surface area (Å²) in [5.41, 5.74) is 3.19. The molecule has 1 aliphatic carbocycles. The van der Waals surface area contributed by atoms with Crippen LogP contribution in [-0.4, -0.2) is 11.1 Å². The Morgan fingerprint density at radius 2 is 2.06 bits per heavy atom. The molecule has 0 spiro atoms. The molecule has 0 aromatic heterocycles. The Labute approximate surface area is 112 Å². The highest BCUT2D eigenvalue weighted by Gasteiger charge is 2.15. The van der Waals surface area contributed by atoms with Crippen molar-refractivity contribution < 1.29 is 9.90 Å². The number of hydrogen-bond donors (Lipinski definition) is 1. The second kappa shape index (κ2) is 5.57. The smallest absolute Gasteiger partial charge is 0.310 e. The van der Waals surface area contributed by atoms with E-state index in [1.54, 1.807) is 13.0 Å². The van der Waals surface area contributed by atoms with Crippen LogP contribution in [0.2, 0.25) is 5.02 Å². The van der Waals surface area contributed by atoms with Gasteiger partial charge in [-0.3, -0.25) is 4.79 Å². The fourth-order valence-corrected chi connectivity index (χ4v) is 2.51. The summed E-state index contributed by atoms with van der Waals surface area (Å²) < 4.78 is 0. The molecule has 1 aromatic rings. The molecule has 1 N–H and O–H groups in total. The van der Waals surface area contributed by atoms with E-state index in [1.165, 1.54) is 18.4 Å². The molecule has 96 valence electrons. The van der Waals surface area contributed by atoms with Crippen LogP contribution in [0.1, 0.15) is 49.7 Å². The van der Waals surface area contributed by atoms with E-state index in [4.69, 9.17) is 16.7 Å². The number of carboxylic acids is 1. The van der Waals surface area contributed by atoms with Gasteiger partial charge in [0.15, 0.2) is 0 Å². The second-order valence-electron chi connectivity index (χ2n) is 4.85. The van der Waals surface area contributed by atoms with Gasteiger partial charge in [-0.25, -0.2) is 0 Å². The molecule has 0 aliphatic heterocycles. The standard InChI is InChI=1S/C15H17ClO2/c1-10(15(17)18)12-6-7-13(14(16)9-12)8-11-4-2-3-5-11/h6-10H,2-5H2,1H3,(H,17,18). The SMILES string of the molecule is CC(C(=O)O)c1ccc(C=C2CCCC2)c(Cl)c1. The van der Waals surface area contributed by atoms with E-state index in [1.807, 2.05) is 12.1 Å². The Bertz CT molecular complexity index is 483. The molecular formula is C15H17ClO2. The summed E-state index contributed by atoms with van der Waals surface area (Å²) in [5.74, 6) is -1.34. The largest absolute Gasteiger partial charge is 0.481 e. The highest BCUT2D eigenvalue weighted by Crippen LogP contribution is 2.30. The summed E-state index contributed by atoms with van der Waals surface area (Å²) >= 11 is 6.22. The number of carbonyl (C=O) groups is 1. The molecule has 18 heavy (non-hydrogen) atoms. The predicted molar refractivity (Wildman–Crippen MR) is 73.9 cm³/mol. The van der Waals surface area contributed by atoms with Crippen LogP contribution < -0.4 is 0 Å². The summed E-state index contributed by atoms with van der Waals surface area (Å²) in [6.07, 6.45) is 6.98. The van der Waals surface area contributed by atoms with Crippen molar-refractivity contribution in [2.75, 3.05) is 0 Å². The summed E-state index contributed by atoms with van der Waals surface area (Å²) in [4.78, 5) is 10.9. The Kier molecular flexibility index (Phi) is 4.07. The van der Waals surface area contributed by atoms with Crippen molar-refractivity contribution in [1.82, 2.24) is 0 Å². The molecule has 0 heterocycles. The first-order chi connectivity index (χ1) is 8.58. The maximum Gasteiger partial charge on any atom is 0.310 e. The van der Waals surface area contributed by atoms with Crippen LogP contribution in [0.25, 0.3) is 6.08 Å². The number of allylic oxidation sites excluding steroid dienone is 1. The van der Waals surface area contributed by atoms with Gasteiger partial charge in [0.1, 0.15) is 0 Å². The lowest BCUT2D eigenvalue weighted by Gasteiger charge is -2.09.